The second-order valence-electron chi connectivity index (χ2n) is 20.3. The average Bonchev–Trinajstić information content (AvgIpc) is 0.997. The Morgan fingerprint density at radius 2 is 0.607 bits per heavy atom. The maximum Gasteiger partial charge on any atom is 0.500 e. The lowest BCUT2D eigenvalue weighted by Crippen LogP contribution is -2.49. The fourth-order valence-corrected chi connectivity index (χ4v) is 18.2. The molecule has 89 heavy (non-hydrogen) atoms. The lowest BCUT2D eigenvalue weighted by molar-refractivity contribution is -0.519. The number of esters is 1. The smallest absolute Gasteiger partial charge is 0.456 e. The highest BCUT2D eigenvalue weighted by atomic mass is 28.4. The first-order valence-corrected chi connectivity index (χ1v) is 37.2. The lowest BCUT2D eigenvalue weighted by Gasteiger charge is -2.41. The second kappa shape index (κ2) is 38.5. The summed E-state index contributed by atoms with van der Waals surface area (Å²) in [4.78, 5) is 15.8. The molecule has 0 amide bonds. The van der Waals surface area contributed by atoms with Crippen LogP contribution < -0.4 is 0 Å². The quantitative estimate of drug-likeness (QED) is 0.0240. The summed E-state index contributed by atoms with van der Waals surface area (Å²) in [7, 11) is 2.94. The van der Waals surface area contributed by atoms with Gasteiger partial charge in [0.1, 0.15) is 31.8 Å². The number of halogens is 14. The van der Waals surface area contributed by atoms with Crippen molar-refractivity contribution in [3.8, 4) is 0 Å². The van der Waals surface area contributed by atoms with E-state index in [2.05, 4.69) is 18.9 Å². The molecule has 0 radical (unpaired) electrons. The van der Waals surface area contributed by atoms with Gasteiger partial charge in [0.2, 0.25) is 0 Å². The molecule has 22 nitrogen and oxygen atoms in total. The maximum atomic E-state index is 15.8. The van der Waals surface area contributed by atoms with Crippen molar-refractivity contribution in [1.29, 1.82) is 0 Å². The molecule has 0 aromatic carbocycles. The molecule has 0 heterocycles. The van der Waals surface area contributed by atoms with Crippen molar-refractivity contribution in [2.24, 2.45) is 5.41 Å². The van der Waals surface area contributed by atoms with Crippen LogP contribution >= 0.6 is 0 Å². The van der Waals surface area contributed by atoms with Crippen LogP contribution in [0.25, 0.3) is 0 Å². The molecule has 41 heteroatoms. The van der Waals surface area contributed by atoms with Crippen molar-refractivity contribution in [2.45, 2.75) is 169 Å². The van der Waals surface area contributed by atoms with Crippen LogP contribution in [0.1, 0.15) is 90.4 Å². The van der Waals surface area contributed by atoms with Gasteiger partial charge in [0, 0.05) is 143 Å². The normalized spacial score (nSPS) is 14.5. The van der Waals surface area contributed by atoms with Crippen molar-refractivity contribution in [1.82, 2.24) is 0 Å². The molecule has 0 saturated carbocycles. The van der Waals surface area contributed by atoms with Gasteiger partial charge in [-0.05, 0) is 64.2 Å². The highest BCUT2D eigenvalue weighted by Gasteiger charge is 2.58. The standard InChI is InChI=1S/C48H92F14O22Si5/c1-17-44(53,54)82-46(57,58)37-80-36-43(51,52)33-42(49,50)34-45(55,56)83-48(61,62)84-47(59,60)38-79-35-41(26-21-31-88(73-11,74-12)75-13,27-22-32-89(76-14,77-15)78-16)81-39(63)40(23-18-28-85(64-2,65-3)66-4,24-19-29-86(67-5,68-6)69-7)25-20-30-87(70-8,71-9)72-10/h17-38H2,1-16H3. The predicted molar refractivity (Wildman–Crippen MR) is 294 cm³/mol. The summed E-state index contributed by atoms with van der Waals surface area (Å²) >= 11 is 0. The Kier molecular flexibility index (Phi) is 38.0. The molecule has 0 bridgehead atoms. The molecule has 0 aliphatic heterocycles. The Balaban J connectivity index is 7.80. The van der Waals surface area contributed by atoms with Gasteiger partial charge in [0.05, 0.1) is 18.4 Å². The Morgan fingerprint density at radius 3 is 0.910 bits per heavy atom. The van der Waals surface area contributed by atoms with Crippen molar-refractivity contribution in [2.75, 3.05) is 133 Å². The number of rotatable bonds is 56. The molecule has 0 atom stereocenters. The fourth-order valence-electron chi connectivity index (χ4n) is 9.57. The van der Waals surface area contributed by atoms with Crippen molar-refractivity contribution >= 4 is 50.0 Å². The van der Waals surface area contributed by atoms with E-state index in [-0.39, 0.29) is 94.4 Å². The summed E-state index contributed by atoms with van der Waals surface area (Å²) in [6.07, 6.45) is -35.2. The van der Waals surface area contributed by atoms with Crippen molar-refractivity contribution < 1.29 is 161 Å². The number of ether oxygens (including phenoxy) is 6. The fraction of sp³-hybridized carbons (Fsp3) is 0.979. The van der Waals surface area contributed by atoms with Crippen LogP contribution in [0.5, 0.6) is 0 Å². The van der Waals surface area contributed by atoms with Gasteiger partial charge in [-0.3, -0.25) is 9.53 Å². The number of carbonyl (C=O) groups excluding carboxylic acids is 1. The molecule has 0 unspecified atom stereocenters. The predicted octanol–water partition coefficient (Wildman–Crippen LogP) is 11.0. The topological polar surface area (TPSA) is 211 Å². The summed E-state index contributed by atoms with van der Waals surface area (Å²) < 4.78 is 313. The summed E-state index contributed by atoms with van der Waals surface area (Å²) in [5.74, 6) is -11.5. The van der Waals surface area contributed by atoms with E-state index in [0.29, 0.717) is 6.92 Å². The molecular formula is C48H92F14O22Si5. The largest absolute Gasteiger partial charge is 0.500 e. The van der Waals surface area contributed by atoms with Gasteiger partial charge in [0.25, 0.3) is 11.8 Å². The Bertz CT molecular complexity index is 1820. The van der Waals surface area contributed by atoms with Gasteiger partial charge in [-0.25, -0.2) is 27.0 Å². The zero-order chi connectivity index (χ0) is 69.0. The van der Waals surface area contributed by atoms with E-state index < -0.39 is 149 Å². The van der Waals surface area contributed by atoms with E-state index in [0.717, 1.165) is 0 Å². The third kappa shape index (κ3) is 30.2. The minimum Gasteiger partial charge on any atom is -0.456 e. The molecule has 0 rings (SSSR count). The SMILES string of the molecule is CCC(F)(F)OC(F)(F)COCC(F)(F)CC(F)(F)CC(F)(F)OC(F)(F)OC(F)(F)COCC(CCC[Si](OC)(OC)OC)(CCC[Si](OC)(OC)OC)OC(=O)C(CCC[Si](OC)(OC)OC)(CCC[Si](OC)(OC)OC)CCC[Si](OC)(OC)OC. The lowest BCUT2D eigenvalue weighted by atomic mass is 9.75. The van der Waals surface area contributed by atoms with E-state index in [1.54, 1.807) is 0 Å². The Morgan fingerprint density at radius 1 is 0.326 bits per heavy atom. The highest BCUT2D eigenvalue weighted by Crippen LogP contribution is 2.46. The first kappa shape index (κ1) is 87.8. The number of carbonyl (C=O) groups is 1. The molecule has 0 fully saturated rings. The molecule has 0 spiro atoms. The third-order valence-corrected chi connectivity index (χ3v) is 28.7. The first-order valence-electron chi connectivity index (χ1n) is 27.5. The molecule has 0 N–H and O–H groups in total. The summed E-state index contributed by atoms with van der Waals surface area (Å²) in [6, 6.07) is 0.318. The molecule has 0 aromatic rings. The van der Waals surface area contributed by atoms with Crippen molar-refractivity contribution in [3.05, 3.63) is 0 Å². The summed E-state index contributed by atoms with van der Waals surface area (Å²) in [5.41, 5.74) is -3.72. The van der Waals surface area contributed by atoms with E-state index in [4.69, 9.17) is 75.9 Å². The van der Waals surface area contributed by atoms with E-state index in [9.17, 15) is 52.7 Å². The molecule has 0 aliphatic rings. The van der Waals surface area contributed by atoms with Crippen LogP contribution in [0, 0.1) is 5.41 Å². The van der Waals surface area contributed by atoms with Crippen LogP contribution in [0.2, 0.25) is 30.2 Å². The summed E-state index contributed by atoms with van der Waals surface area (Å²) in [5, 5.41) is 0. The van der Waals surface area contributed by atoms with Gasteiger partial charge in [-0.2, -0.15) is 35.1 Å². The van der Waals surface area contributed by atoms with E-state index in [1.165, 1.54) is 107 Å². The Labute approximate surface area is 517 Å². The molecule has 0 saturated heterocycles. The van der Waals surface area contributed by atoms with Gasteiger partial charge in [0.15, 0.2) is 0 Å². The van der Waals surface area contributed by atoms with Crippen molar-refractivity contribution in [3.63, 3.8) is 0 Å². The van der Waals surface area contributed by atoms with Crippen LogP contribution in [-0.2, 0) is 99.6 Å². The monoisotopic (exact) mass is 1430 g/mol. The third-order valence-electron chi connectivity index (χ3n) is 14.5. The highest BCUT2D eigenvalue weighted by molar-refractivity contribution is 6.62. The Hall–Kier alpha value is -1.23. The zero-order valence-corrected chi connectivity index (χ0v) is 58.3. The van der Waals surface area contributed by atoms with Crippen LogP contribution in [0.3, 0.4) is 0 Å². The number of hydrogen-bond acceptors (Lipinski definition) is 22. The first-order chi connectivity index (χ1) is 41.1. The molecule has 0 aromatic heterocycles. The van der Waals surface area contributed by atoms with E-state index >= 15 is 13.6 Å². The van der Waals surface area contributed by atoms with E-state index in [1.807, 2.05) is 0 Å². The van der Waals surface area contributed by atoms with Gasteiger partial charge >= 0.3 is 80.7 Å². The minimum absolute atomic E-state index is 0.0205. The van der Waals surface area contributed by atoms with Crippen LogP contribution in [0.4, 0.5) is 61.5 Å². The molecule has 534 valence electrons. The maximum absolute atomic E-state index is 15.8. The second-order valence-corrected chi connectivity index (χ2v) is 35.8. The molecular weight excluding hydrogens is 1330 g/mol. The summed E-state index contributed by atoms with van der Waals surface area (Å²) in [6.45, 7) is -7.52. The van der Waals surface area contributed by atoms with Gasteiger partial charge in [-0.15, -0.1) is 8.78 Å². The van der Waals surface area contributed by atoms with Crippen LogP contribution in [0.15, 0.2) is 0 Å². The van der Waals surface area contributed by atoms with Crippen LogP contribution in [-0.4, -0.2) is 231 Å². The average molecular weight is 1430 g/mol. The number of hydrogen-bond donors (Lipinski definition) is 0. The zero-order valence-electron chi connectivity index (χ0n) is 53.3. The molecule has 0 aliphatic carbocycles. The minimum atomic E-state index is -6.23. The van der Waals surface area contributed by atoms with Gasteiger partial charge in [-0.1, -0.05) is 6.92 Å². The number of alkyl halides is 14. The van der Waals surface area contributed by atoms with Gasteiger partial charge < -0.3 is 80.6 Å².